The topological polar surface area (TPSA) is 46.5 Å². The Morgan fingerprint density at radius 2 is 1.80 bits per heavy atom. The lowest BCUT2D eigenvalue weighted by Crippen LogP contribution is -2.32. The summed E-state index contributed by atoms with van der Waals surface area (Å²) >= 11 is 0. The van der Waals surface area contributed by atoms with Crippen molar-refractivity contribution in [2.75, 3.05) is 0 Å². The summed E-state index contributed by atoms with van der Waals surface area (Å²) in [7, 11) is 0. The molecular formula is C27H36O3. The number of hydrogen-bond acceptors (Lipinski definition) is 3. The van der Waals surface area contributed by atoms with Gasteiger partial charge in [0.15, 0.2) is 0 Å². The monoisotopic (exact) mass is 408 g/mol. The number of phenolic OH excluding ortho intramolecular Hbond substituents is 1. The normalized spacial score (nSPS) is 18.6. The number of ether oxygens (including phenoxy) is 1. The molecule has 1 atom stereocenters. The Bertz CT molecular complexity index is 866. The zero-order valence-electron chi connectivity index (χ0n) is 19.1. The van der Waals surface area contributed by atoms with Crippen molar-refractivity contribution in [2.45, 2.75) is 78.7 Å². The Hall–Kier alpha value is -2.55. The molecule has 0 saturated carbocycles. The van der Waals surface area contributed by atoms with Crippen LogP contribution in [0.1, 0.15) is 77.3 Å². The highest BCUT2D eigenvalue weighted by Gasteiger charge is 2.27. The maximum atomic E-state index is 11.2. The van der Waals surface area contributed by atoms with Gasteiger partial charge < -0.3 is 9.84 Å². The number of hydrogen-bond donors (Lipinski definition) is 1. The Morgan fingerprint density at radius 3 is 2.50 bits per heavy atom. The molecule has 1 unspecified atom stereocenters. The van der Waals surface area contributed by atoms with Crippen LogP contribution in [0.4, 0.5) is 0 Å². The molecule has 3 heteroatoms. The van der Waals surface area contributed by atoms with Crippen LogP contribution in [0.2, 0.25) is 0 Å². The van der Waals surface area contributed by atoms with Gasteiger partial charge in [-0.25, -0.2) is 0 Å². The maximum absolute atomic E-state index is 11.2. The number of fused-ring (bicyclic) bond motifs is 1. The number of allylic oxidation sites excluding steroid dienone is 6. The van der Waals surface area contributed by atoms with E-state index < -0.39 is 0 Å². The van der Waals surface area contributed by atoms with Crippen molar-refractivity contribution < 1.29 is 14.6 Å². The van der Waals surface area contributed by atoms with Gasteiger partial charge in [-0.2, -0.15) is 0 Å². The largest absolute Gasteiger partial charge is 0.508 e. The third-order valence-electron chi connectivity index (χ3n) is 5.45. The SMILES string of the molecule is CC(C)=CCCC(C=O)=CCCC(C)=CCCC1(C)C=Cc2cc(O)cc(C)c2O1. The first kappa shape index (κ1) is 23.7. The van der Waals surface area contributed by atoms with Crippen molar-refractivity contribution in [1.29, 1.82) is 0 Å². The molecule has 1 aliphatic rings. The molecule has 0 aliphatic carbocycles. The second kappa shape index (κ2) is 11.0. The van der Waals surface area contributed by atoms with E-state index >= 15 is 0 Å². The van der Waals surface area contributed by atoms with E-state index in [1.54, 1.807) is 12.1 Å². The van der Waals surface area contributed by atoms with E-state index in [0.717, 1.165) is 67.3 Å². The molecule has 2 rings (SSSR count). The van der Waals surface area contributed by atoms with Crippen LogP contribution in [-0.4, -0.2) is 17.0 Å². The zero-order valence-corrected chi connectivity index (χ0v) is 19.1. The van der Waals surface area contributed by atoms with Crippen molar-refractivity contribution in [1.82, 2.24) is 0 Å². The van der Waals surface area contributed by atoms with E-state index in [2.05, 4.69) is 52.0 Å². The van der Waals surface area contributed by atoms with Crippen LogP contribution in [0.15, 0.2) is 53.2 Å². The van der Waals surface area contributed by atoms with Gasteiger partial charge in [-0.05, 0) is 102 Å². The van der Waals surface area contributed by atoms with Crippen molar-refractivity contribution in [3.8, 4) is 11.5 Å². The molecule has 0 bridgehead atoms. The van der Waals surface area contributed by atoms with Gasteiger partial charge in [0.1, 0.15) is 23.4 Å². The van der Waals surface area contributed by atoms with E-state index in [1.165, 1.54) is 11.1 Å². The molecule has 0 spiro atoms. The maximum Gasteiger partial charge on any atom is 0.145 e. The van der Waals surface area contributed by atoms with Gasteiger partial charge in [0.25, 0.3) is 0 Å². The van der Waals surface area contributed by atoms with E-state index in [9.17, 15) is 9.90 Å². The predicted molar refractivity (Wildman–Crippen MR) is 126 cm³/mol. The van der Waals surface area contributed by atoms with Gasteiger partial charge in [-0.15, -0.1) is 0 Å². The molecule has 162 valence electrons. The average Bonchev–Trinajstić information content (AvgIpc) is 2.67. The lowest BCUT2D eigenvalue weighted by Gasteiger charge is -2.32. The molecule has 1 aromatic rings. The van der Waals surface area contributed by atoms with Crippen LogP contribution in [0.25, 0.3) is 6.08 Å². The highest BCUT2D eigenvalue weighted by Crippen LogP contribution is 2.38. The molecule has 0 aromatic heterocycles. The van der Waals surface area contributed by atoms with E-state index in [4.69, 9.17) is 4.74 Å². The fourth-order valence-electron chi connectivity index (χ4n) is 3.64. The second-order valence-corrected chi connectivity index (χ2v) is 8.77. The number of aromatic hydroxyl groups is 1. The summed E-state index contributed by atoms with van der Waals surface area (Å²) in [5.41, 5.74) is 5.07. The van der Waals surface area contributed by atoms with Crippen LogP contribution in [0, 0.1) is 6.92 Å². The molecule has 1 aliphatic heterocycles. The Morgan fingerprint density at radius 1 is 1.07 bits per heavy atom. The van der Waals surface area contributed by atoms with Crippen LogP contribution in [0.5, 0.6) is 11.5 Å². The first-order valence-electron chi connectivity index (χ1n) is 10.9. The van der Waals surface area contributed by atoms with E-state index in [0.29, 0.717) is 0 Å². The van der Waals surface area contributed by atoms with Gasteiger partial charge in [0.2, 0.25) is 0 Å². The van der Waals surface area contributed by atoms with Crippen molar-refractivity contribution >= 4 is 12.4 Å². The average molecular weight is 409 g/mol. The lowest BCUT2D eigenvalue weighted by molar-refractivity contribution is -0.105. The molecule has 3 nitrogen and oxygen atoms in total. The summed E-state index contributed by atoms with van der Waals surface area (Å²) in [6.45, 7) is 10.4. The smallest absolute Gasteiger partial charge is 0.145 e. The third kappa shape index (κ3) is 7.37. The summed E-state index contributed by atoms with van der Waals surface area (Å²) in [6.07, 6.45) is 17.1. The lowest BCUT2D eigenvalue weighted by atomic mass is 9.93. The van der Waals surface area contributed by atoms with Gasteiger partial charge >= 0.3 is 0 Å². The van der Waals surface area contributed by atoms with Gasteiger partial charge in [0.05, 0.1) is 0 Å². The molecule has 1 heterocycles. The van der Waals surface area contributed by atoms with Crippen molar-refractivity contribution in [3.63, 3.8) is 0 Å². The summed E-state index contributed by atoms with van der Waals surface area (Å²) in [4.78, 5) is 11.2. The summed E-state index contributed by atoms with van der Waals surface area (Å²) < 4.78 is 6.29. The molecule has 1 N–H and O–H groups in total. The van der Waals surface area contributed by atoms with Crippen LogP contribution >= 0.6 is 0 Å². The third-order valence-corrected chi connectivity index (χ3v) is 5.45. The first-order valence-corrected chi connectivity index (χ1v) is 10.9. The summed E-state index contributed by atoms with van der Waals surface area (Å²) in [5, 5.41) is 9.76. The summed E-state index contributed by atoms with van der Waals surface area (Å²) in [5.74, 6) is 1.13. The molecule has 30 heavy (non-hydrogen) atoms. The molecular weight excluding hydrogens is 372 g/mol. The molecule has 0 radical (unpaired) electrons. The van der Waals surface area contributed by atoms with Crippen molar-refractivity contribution in [3.05, 3.63) is 64.3 Å². The van der Waals surface area contributed by atoms with Crippen molar-refractivity contribution in [2.24, 2.45) is 0 Å². The molecule has 0 fully saturated rings. The van der Waals surface area contributed by atoms with Gasteiger partial charge in [-0.3, -0.25) is 4.79 Å². The number of aldehydes is 1. The fraction of sp³-hybridized carbons (Fsp3) is 0.444. The summed E-state index contributed by atoms with van der Waals surface area (Å²) in [6, 6.07) is 3.48. The van der Waals surface area contributed by atoms with Crippen LogP contribution in [-0.2, 0) is 4.79 Å². The number of rotatable bonds is 10. The number of aryl methyl sites for hydroxylation is 1. The number of phenols is 1. The Kier molecular flexibility index (Phi) is 8.71. The highest BCUT2D eigenvalue weighted by atomic mass is 16.5. The predicted octanol–water partition coefficient (Wildman–Crippen LogP) is 7.24. The molecule has 0 saturated heterocycles. The number of benzene rings is 1. The van der Waals surface area contributed by atoms with Gasteiger partial charge in [0, 0.05) is 5.56 Å². The highest BCUT2D eigenvalue weighted by molar-refractivity contribution is 5.73. The molecule has 1 aromatic carbocycles. The fourth-order valence-corrected chi connectivity index (χ4v) is 3.64. The minimum Gasteiger partial charge on any atom is -0.508 e. The minimum absolute atomic E-state index is 0.269. The second-order valence-electron chi connectivity index (χ2n) is 8.77. The zero-order chi connectivity index (χ0) is 22.1. The molecule has 0 amide bonds. The van der Waals surface area contributed by atoms with Gasteiger partial charge in [-0.1, -0.05) is 35.5 Å². The van der Waals surface area contributed by atoms with E-state index in [1.807, 2.05) is 13.0 Å². The Balaban J connectivity index is 1.84. The number of carbonyl (C=O) groups is 1. The van der Waals surface area contributed by atoms with E-state index in [-0.39, 0.29) is 11.4 Å². The first-order chi connectivity index (χ1) is 14.2. The minimum atomic E-state index is -0.346. The number of carbonyl (C=O) groups excluding carboxylic acids is 1. The van der Waals surface area contributed by atoms with Crippen LogP contribution in [0.3, 0.4) is 0 Å². The standard InChI is InChI=1S/C27H36O3/c1-20(2)9-6-12-23(19-28)13-7-10-21(3)11-8-15-27(5)16-14-24-18-25(29)17-22(4)26(24)30-27/h9,11,13-14,16-19,29H,6-8,10,12,15H2,1-5H3. The van der Waals surface area contributed by atoms with Crippen LogP contribution < -0.4 is 4.74 Å². The Labute approximate surface area is 181 Å². The quantitative estimate of drug-likeness (QED) is 0.252.